The Kier molecular flexibility index (Phi) is 5.62. The molecule has 0 aliphatic rings. The van der Waals surface area contributed by atoms with Crippen LogP contribution in [0.15, 0.2) is 53.9 Å². The molecule has 0 amide bonds. The van der Waals surface area contributed by atoms with Gasteiger partial charge in [0.25, 0.3) is 0 Å². The molecule has 1 heterocycles. The lowest BCUT2D eigenvalue weighted by Gasteiger charge is -2.12. The molecule has 1 aromatic carbocycles. The average Bonchev–Trinajstić information content (AvgIpc) is 2.86. The molecule has 2 aromatic rings. The van der Waals surface area contributed by atoms with Crippen LogP contribution in [0, 0.1) is 6.92 Å². The van der Waals surface area contributed by atoms with E-state index < -0.39 is 5.97 Å². The highest BCUT2D eigenvalue weighted by atomic mass is 19.1. The largest absolute Gasteiger partial charge is 0.478 e. The van der Waals surface area contributed by atoms with Gasteiger partial charge in [-0.05, 0) is 75.6 Å². The van der Waals surface area contributed by atoms with Crippen LogP contribution < -0.4 is 0 Å². The van der Waals surface area contributed by atoms with E-state index in [0.717, 1.165) is 22.5 Å². The molecule has 0 saturated carbocycles. The highest BCUT2D eigenvalue weighted by molar-refractivity contribution is 5.86. The molecule has 0 bridgehead atoms. The molecule has 0 radical (unpaired) electrons. The molecule has 0 spiro atoms. The first-order valence-electron chi connectivity index (χ1n) is 8.28. The number of halogens is 1. The van der Waals surface area contributed by atoms with Gasteiger partial charge in [0.2, 0.25) is 0 Å². The molecule has 1 aromatic heterocycles. The van der Waals surface area contributed by atoms with Crippen LogP contribution in [0.3, 0.4) is 0 Å². The number of aryl methyl sites for hydroxylation is 1. The van der Waals surface area contributed by atoms with Gasteiger partial charge in [-0.2, -0.15) is 0 Å². The van der Waals surface area contributed by atoms with Crippen molar-refractivity contribution in [2.24, 2.45) is 0 Å². The van der Waals surface area contributed by atoms with Crippen molar-refractivity contribution in [3.8, 4) is 0 Å². The van der Waals surface area contributed by atoms with Crippen molar-refractivity contribution in [1.82, 2.24) is 4.57 Å². The van der Waals surface area contributed by atoms with E-state index in [1.807, 2.05) is 18.2 Å². The lowest BCUT2D eigenvalue weighted by molar-refractivity contribution is -0.131. The second-order valence-electron chi connectivity index (χ2n) is 6.56. The first-order chi connectivity index (χ1) is 11.7. The SMILES string of the molecule is CC(/C=C/C(F)=C(/C)c1ccc2c(c1)cc(C)n2C(C)C)=C\C(=O)O. The number of rotatable bonds is 5. The summed E-state index contributed by atoms with van der Waals surface area (Å²) in [6, 6.07) is 8.41. The number of hydrogen-bond acceptors (Lipinski definition) is 1. The molecule has 4 heteroatoms. The number of carboxylic acid groups (broad SMARTS) is 1. The van der Waals surface area contributed by atoms with Crippen molar-refractivity contribution in [3.05, 3.63) is 65.2 Å². The van der Waals surface area contributed by atoms with Crippen LogP contribution in [0.4, 0.5) is 4.39 Å². The van der Waals surface area contributed by atoms with Gasteiger partial charge in [0, 0.05) is 28.7 Å². The van der Waals surface area contributed by atoms with Crippen LogP contribution >= 0.6 is 0 Å². The Bertz CT molecular complexity index is 898. The summed E-state index contributed by atoms with van der Waals surface area (Å²) < 4.78 is 16.7. The van der Waals surface area contributed by atoms with Gasteiger partial charge >= 0.3 is 5.97 Å². The molecule has 3 nitrogen and oxygen atoms in total. The normalized spacial score (nSPS) is 13.8. The summed E-state index contributed by atoms with van der Waals surface area (Å²) in [5.74, 6) is -1.42. The smallest absolute Gasteiger partial charge is 0.328 e. The van der Waals surface area contributed by atoms with E-state index in [2.05, 4.69) is 31.4 Å². The standard InChI is InChI=1S/C21H24FNO2/c1-13(2)23-15(4)11-18-12-17(7-9-20(18)23)16(5)19(22)8-6-14(3)10-21(24)25/h6-13H,1-5H3,(H,24,25)/b8-6+,14-10+,19-16+. The number of nitrogens with zero attached hydrogens (tertiary/aromatic N) is 1. The zero-order valence-corrected chi connectivity index (χ0v) is 15.3. The number of fused-ring (bicyclic) bond motifs is 1. The molecule has 0 fully saturated rings. The van der Waals surface area contributed by atoms with E-state index in [1.165, 1.54) is 17.8 Å². The van der Waals surface area contributed by atoms with Crippen LogP contribution in [0.2, 0.25) is 0 Å². The van der Waals surface area contributed by atoms with Crippen LogP contribution in [0.25, 0.3) is 16.5 Å². The fourth-order valence-electron chi connectivity index (χ4n) is 3.00. The number of aromatic nitrogens is 1. The second kappa shape index (κ2) is 7.51. The fourth-order valence-corrected chi connectivity index (χ4v) is 3.00. The van der Waals surface area contributed by atoms with Crippen molar-refractivity contribution in [1.29, 1.82) is 0 Å². The van der Waals surface area contributed by atoms with Gasteiger partial charge in [0.15, 0.2) is 0 Å². The molecule has 0 unspecified atom stereocenters. The van der Waals surface area contributed by atoms with E-state index >= 15 is 0 Å². The van der Waals surface area contributed by atoms with Gasteiger partial charge in [0.1, 0.15) is 5.83 Å². The molecular weight excluding hydrogens is 317 g/mol. The summed E-state index contributed by atoms with van der Waals surface area (Å²) in [5.41, 5.74) is 4.14. The maximum absolute atomic E-state index is 14.4. The zero-order valence-electron chi connectivity index (χ0n) is 15.3. The third kappa shape index (κ3) is 4.27. The summed E-state index contributed by atoms with van der Waals surface area (Å²) >= 11 is 0. The molecule has 0 aliphatic carbocycles. The lowest BCUT2D eigenvalue weighted by atomic mass is 10.0. The van der Waals surface area contributed by atoms with Crippen molar-refractivity contribution >= 4 is 22.4 Å². The third-order valence-electron chi connectivity index (χ3n) is 4.18. The Hall–Kier alpha value is -2.62. The van der Waals surface area contributed by atoms with E-state index in [9.17, 15) is 9.18 Å². The van der Waals surface area contributed by atoms with Gasteiger partial charge in [0.05, 0.1) is 0 Å². The van der Waals surface area contributed by atoms with Gasteiger partial charge in [-0.1, -0.05) is 12.1 Å². The van der Waals surface area contributed by atoms with Crippen LogP contribution in [-0.4, -0.2) is 15.6 Å². The predicted molar refractivity (Wildman–Crippen MR) is 101 cm³/mol. The molecule has 0 saturated heterocycles. The number of carbonyl (C=O) groups is 1. The number of benzene rings is 1. The first kappa shape index (κ1) is 18.7. The van der Waals surface area contributed by atoms with Crippen molar-refractivity contribution in [3.63, 3.8) is 0 Å². The zero-order chi connectivity index (χ0) is 18.7. The summed E-state index contributed by atoms with van der Waals surface area (Å²) in [7, 11) is 0. The topological polar surface area (TPSA) is 42.2 Å². The first-order valence-corrected chi connectivity index (χ1v) is 8.28. The predicted octanol–water partition coefficient (Wildman–Crippen LogP) is 5.82. The summed E-state index contributed by atoms with van der Waals surface area (Å²) in [5, 5.41) is 9.77. The lowest BCUT2D eigenvalue weighted by Crippen LogP contribution is -2.01. The van der Waals surface area contributed by atoms with Gasteiger partial charge in [-0.25, -0.2) is 9.18 Å². The average molecular weight is 341 g/mol. The second-order valence-corrected chi connectivity index (χ2v) is 6.56. The van der Waals surface area contributed by atoms with Gasteiger partial charge in [-0.15, -0.1) is 0 Å². The minimum absolute atomic E-state index is 0.364. The Morgan fingerprint density at radius 2 is 1.88 bits per heavy atom. The Balaban J connectivity index is 2.40. The number of hydrogen-bond donors (Lipinski definition) is 1. The van der Waals surface area contributed by atoms with E-state index in [-0.39, 0.29) is 5.83 Å². The minimum Gasteiger partial charge on any atom is -0.478 e. The maximum atomic E-state index is 14.4. The highest BCUT2D eigenvalue weighted by Gasteiger charge is 2.10. The Morgan fingerprint density at radius 1 is 1.20 bits per heavy atom. The summed E-state index contributed by atoms with van der Waals surface area (Å²) in [6.07, 6.45) is 3.81. The highest BCUT2D eigenvalue weighted by Crippen LogP contribution is 2.28. The van der Waals surface area contributed by atoms with E-state index in [0.29, 0.717) is 17.2 Å². The van der Waals surface area contributed by atoms with Crippen molar-refractivity contribution in [2.45, 2.75) is 40.7 Å². The quantitative estimate of drug-likeness (QED) is 0.550. The number of carboxylic acids is 1. The van der Waals surface area contributed by atoms with Crippen LogP contribution in [0.5, 0.6) is 0 Å². The van der Waals surface area contributed by atoms with Gasteiger partial charge in [-0.3, -0.25) is 0 Å². The molecule has 1 N–H and O–H groups in total. The van der Waals surface area contributed by atoms with Crippen molar-refractivity contribution < 1.29 is 14.3 Å². The summed E-state index contributed by atoms with van der Waals surface area (Å²) in [6.45, 7) is 9.70. The minimum atomic E-state index is -1.04. The monoisotopic (exact) mass is 341 g/mol. The van der Waals surface area contributed by atoms with Crippen LogP contribution in [0.1, 0.15) is 45.0 Å². The third-order valence-corrected chi connectivity index (χ3v) is 4.18. The van der Waals surface area contributed by atoms with Crippen molar-refractivity contribution in [2.75, 3.05) is 0 Å². The van der Waals surface area contributed by atoms with E-state index in [4.69, 9.17) is 5.11 Å². The fraction of sp³-hybridized carbons (Fsp3) is 0.286. The molecule has 2 rings (SSSR count). The Labute approximate surface area is 147 Å². The molecule has 0 aliphatic heterocycles. The summed E-state index contributed by atoms with van der Waals surface area (Å²) in [4.78, 5) is 10.6. The van der Waals surface area contributed by atoms with E-state index in [1.54, 1.807) is 13.8 Å². The molecular formula is C21H24FNO2. The molecule has 0 atom stereocenters. The molecule has 132 valence electrons. The van der Waals surface area contributed by atoms with Crippen LogP contribution in [-0.2, 0) is 4.79 Å². The number of aliphatic carboxylic acids is 1. The maximum Gasteiger partial charge on any atom is 0.328 e. The Morgan fingerprint density at radius 3 is 2.48 bits per heavy atom. The van der Waals surface area contributed by atoms with Gasteiger partial charge < -0.3 is 9.67 Å². The number of allylic oxidation sites excluding steroid dienone is 5. The molecule has 25 heavy (non-hydrogen) atoms.